The van der Waals surface area contributed by atoms with E-state index < -0.39 is 11.6 Å². The zero-order valence-electron chi connectivity index (χ0n) is 21.3. The van der Waals surface area contributed by atoms with Crippen molar-refractivity contribution in [3.63, 3.8) is 0 Å². The average Bonchev–Trinajstić information content (AvgIpc) is 3.70. The van der Waals surface area contributed by atoms with E-state index in [0.717, 1.165) is 55.0 Å². The molecule has 1 aromatic carbocycles. The van der Waals surface area contributed by atoms with Crippen LogP contribution in [0.15, 0.2) is 58.0 Å². The highest BCUT2D eigenvalue weighted by atomic mass is 32.1. The van der Waals surface area contributed by atoms with Gasteiger partial charge in [-0.25, -0.2) is 4.79 Å². The molecule has 204 valence electrons. The molecule has 0 amide bonds. The predicted octanol–water partition coefficient (Wildman–Crippen LogP) is 5.16. The number of piperidine rings is 2. The van der Waals surface area contributed by atoms with Gasteiger partial charge < -0.3 is 15.2 Å². The third-order valence-corrected chi connectivity index (χ3v) is 10.8. The van der Waals surface area contributed by atoms with Gasteiger partial charge in [-0.05, 0) is 85.5 Å². The number of rotatable bonds is 9. The van der Waals surface area contributed by atoms with Gasteiger partial charge in [-0.15, -0.1) is 22.7 Å². The summed E-state index contributed by atoms with van der Waals surface area (Å²) in [6.07, 6.45) is 6.01. The molecule has 2 unspecified atom stereocenters. The summed E-state index contributed by atoms with van der Waals surface area (Å²) in [4.78, 5) is 38.2. The summed E-state index contributed by atoms with van der Waals surface area (Å²) in [6, 6.07) is 13.2. The van der Waals surface area contributed by atoms with Crippen LogP contribution in [0.25, 0.3) is 10.2 Å². The van der Waals surface area contributed by atoms with E-state index in [1.54, 1.807) is 24.3 Å². The molecule has 4 aromatic rings. The monoisotopic (exact) mass is 582 g/mol. The molecule has 2 saturated heterocycles. The fourth-order valence-corrected chi connectivity index (χ4v) is 8.88. The number of thiophene rings is 2. The molecule has 2 aliphatic heterocycles. The van der Waals surface area contributed by atoms with Crippen LogP contribution in [0.3, 0.4) is 0 Å². The first-order chi connectivity index (χ1) is 18.9. The Hall–Kier alpha value is -2.63. The number of fused-ring (bicyclic) bond motifs is 3. The highest BCUT2D eigenvalue weighted by molar-refractivity contribution is 7.16. The molecular weight excluding hydrogens is 553 g/mol. The van der Waals surface area contributed by atoms with Crippen LogP contribution in [-0.2, 0) is 21.7 Å². The Bertz CT molecular complexity index is 1460. The molecule has 0 radical (unpaired) electrons. The van der Waals surface area contributed by atoms with Gasteiger partial charge in [0.15, 0.2) is 0 Å². The third kappa shape index (κ3) is 5.28. The van der Waals surface area contributed by atoms with Gasteiger partial charge in [0.2, 0.25) is 5.60 Å². The van der Waals surface area contributed by atoms with Gasteiger partial charge in [0.1, 0.15) is 12.4 Å². The Morgan fingerprint density at radius 3 is 2.38 bits per heavy atom. The topological polar surface area (TPSA) is 97.6 Å². The number of ether oxygens (including phenoxy) is 1. The third-order valence-electron chi connectivity index (χ3n) is 7.95. The summed E-state index contributed by atoms with van der Waals surface area (Å²) >= 11 is 3.90. The molecule has 6 rings (SSSR count). The van der Waals surface area contributed by atoms with E-state index >= 15 is 0 Å². The summed E-state index contributed by atoms with van der Waals surface area (Å²) in [5.41, 5.74) is -0.292. The molecular formula is C29H30N2O5S3. The first-order valence-corrected chi connectivity index (χ1v) is 15.9. The summed E-state index contributed by atoms with van der Waals surface area (Å²) in [5, 5.41) is 19.0. The molecule has 2 aliphatic rings. The SMILES string of the molecule is O=Cc1ccc2c(c1)sc(=O)n2CCCC1CC2CC(OC(=O)C(O)(c3cccs3)c3cccs3)CC(C1)N2. The van der Waals surface area contributed by atoms with Crippen LogP contribution in [-0.4, -0.2) is 40.1 Å². The number of aldehydes is 1. The van der Waals surface area contributed by atoms with Crippen LogP contribution >= 0.6 is 34.0 Å². The Kier molecular flexibility index (Phi) is 7.56. The second kappa shape index (κ2) is 11.1. The van der Waals surface area contributed by atoms with Crippen molar-refractivity contribution < 1.29 is 19.4 Å². The van der Waals surface area contributed by atoms with Crippen molar-refractivity contribution in [3.05, 3.63) is 78.2 Å². The van der Waals surface area contributed by atoms with Crippen molar-refractivity contribution in [2.24, 2.45) is 5.92 Å². The van der Waals surface area contributed by atoms with Crippen LogP contribution in [0.4, 0.5) is 0 Å². The van der Waals surface area contributed by atoms with Crippen LogP contribution in [0.2, 0.25) is 0 Å². The van der Waals surface area contributed by atoms with Gasteiger partial charge in [-0.1, -0.05) is 23.5 Å². The molecule has 0 saturated carbocycles. The molecule has 2 N–H and O–H groups in total. The van der Waals surface area contributed by atoms with Crippen molar-refractivity contribution in [1.29, 1.82) is 0 Å². The number of carbonyl (C=O) groups excluding carboxylic acids is 2. The molecule has 10 heteroatoms. The number of thiazole rings is 1. The van der Waals surface area contributed by atoms with Gasteiger partial charge in [0.05, 0.1) is 20.0 Å². The number of aromatic nitrogens is 1. The smallest absolute Gasteiger partial charge is 0.349 e. The van der Waals surface area contributed by atoms with Gasteiger partial charge >= 0.3 is 10.8 Å². The van der Waals surface area contributed by atoms with Crippen molar-refractivity contribution in [2.75, 3.05) is 0 Å². The Balaban J connectivity index is 1.05. The van der Waals surface area contributed by atoms with Gasteiger partial charge in [-0.3, -0.25) is 14.2 Å². The second-order valence-electron chi connectivity index (χ2n) is 10.6. The van der Waals surface area contributed by atoms with Gasteiger partial charge in [0, 0.05) is 24.2 Å². The number of nitrogens with one attached hydrogen (secondary N) is 1. The number of hydrogen-bond acceptors (Lipinski definition) is 9. The maximum atomic E-state index is 13.4. The lowest BCUT2D eigenvalue weighted by Crippen LogP contribution is -2.54. The normalized spacial score (nSPS) is 23.1. The van der Waals surface area contributed by atoms with E-state index in [9.17, 15) is 19.5 Å². The zero-order chi connectivity index (χ0) is 27.0. The van der Waals surface area contributed by atoms with Crippen molar-refractivity contribution >= 4 is 56.5 Å². The molecule has 0 aliphatic carbocycles. The van der Waals surface area contributed by atoms with E-state index in [1.165, 1.54) is 34.0 Å². The lowest BCUT2D eigenvalue weighted by molar-refractivity contribution is -0.170. The number of carbonyl (C=O) groups is 2. The Labute approximate surface area is 238 Å². The molecule has 7 nitrogen and oxygen atoms in total. The minimum absolute atomic E-state index is 0.0185. The molecule has 39 heavy (non-hydrogen) atoms. The lowest BCUT2D eigenvalue weighted by atomic mass is 9.77. The molecule has 3 aromatic heterocycles. The number of aryl methyl sites for hydroxylation is 1. The van der Waals surface area contributed by atoms with E-state index in [1.807, 2.05) is 33.5 Å². The minimum Gasteiger partial charge on any atom is -0.460 e. The van der Waals surface area contributed by atoms with E-state index in [4.69, 9.17) is 4.74 Å². The van der Waals surface area contributed by atoms with Crippen LogP contribution in [0.1, 0.15) is 58.6 Å². The Morgan fingerprint density at radius 1 is 1.08 bits per heavy atom. The minimum atomic E-state index is -1.77. The molecule has 0 spiro atoms. The molecule has 2 fully saturated rings. The maximum absolute atomic E-state index is 13.4. The molecule has 5 heterocycles. The average molecular weight is 583 g/mol. The largest absolute Gasteiger partial charge is 0.460 e. The molecule has 2 bridgehead atoms. The van der Waals surface area contributed by atoms with E-state index in [0.29, 0.717) is 27.8 Å². The number of benzene rings is 1. The lowest BCUT2D eigenvalue weighted by Gasteiger charge is -2.43. The summed E-state index contributed by atoms with van der Waals surface area (Å²) in [7, 11) is 0. The first-order valence-electron chi connectivity index (χ1n) is 13.3. The fourth-order valence-electron chi connectivity index (χ4n) is 6.20. The summed E-state index contributed by atoms with van der Waals surface area (Å²) in [6.45, 7) is 0.669. The number of nitrogens with zero attached hydrogens (tertiary/aromatic N) is 1. The van der Waals surface area contributed by atoms with Crippen LogP contribution in [0, 0.1) is 5.92 Å². The summed E-state index contributed by atoms with van der Waals surface area (Å²) in [5.74, 6) is -0.0445. The molecule has 2 atom stereocenters. The highest BCUT2D eigenvalue weighted by Crippen LogP contribution is 2.39. The predicted molar refractivity (Wildman–Crippen MR) is 155 cm³/mol. The van der Waals surface area contributed by atoms with Crippen molar-refractivity contribution in [1.82, 2.24) is 9.88 Å². The second-order valence-corrected chi connectivity index (χ2v) is 13.5. The first kappa shape index (κ1) is 26.6. The number of esters is 1. The summed E-state index contributed by atoms with van der Waals surface area (Å²) < 4.78 is 8.68. The van der Waals surface area contributed by atoms with E-state index in [2.05, 4.69) is 5.32 Å². The fraction of sp³-hybridized carbons (Fsp3) is 0.414. The zero-order valence-corrected chi connectivity index (χ0v) is 23.7. The van der Waals surface area contributed by atoms with E-state index in [-0.39, 0.29) is 23.1 Å². The van der Waals surface area contributed by atoms with Gasteiger partial charge in [0.25, 0.3) is 0 Å². The van der Waals surface area contributed by atoms with Crippen molar-refractivity contribution in [2.45, 2.75) is 68.9 Å². The van der Waals surface area contributed by atoms with Gasteiger partial charge in [-0.2, -0.15) is 0 Å². The number of hydrogen-bond donors (Lipinski definition) is 2. The van der Waals surface area contributed by atoms with Crippen LogP contribution in [0.5, 0.6) is 0 Å². The highest BCUT2D eigenvalue weighted by Gasteiger charge is 2.46. The van der Waals surface area contributed by atoms with Crippen molar-refractivity contribution in [3.8, 4) is 0 Å². The van der Waals surface area contributed by atoms with Crippen LogP contribution < -0.4 is 10.2 Å². The standard InChI is InChI=1S/C29H30N2O5S3/c32-17-19-7-8-23-24(14-19)39-28(34)31(23)9-1-4-18-12-20-15-22(16-21(13-18)30-20)36-27(33)29(35,25-5-2-10-37-25)26-6-3-11-38-26/h2-3,5-8,10-11,14,17-18,20-22,30,35H,1,4,9,12-13,15-16H2. The Morgan fingerprint density at radius 2 is 1.77 bits per heavy atom. The maximum Gasteiger partial charge on any atom is 0.349 e. The quantitative estimate of drug-likeness (QED) is 0.209. The number of aliphatic hydroxyl groups is 1.